The number of nitrogens with one attached hydrogen (secondary N) is 1. The molecule has 162 valence electrons. The van der Waals surface area contributed by atoms with Crippen LogP contribution in [0.1, 0.15) is 63.1 Å². The van der Waals surface area contributed by atoms with Crippen LogP contribution in [0, 0.1) is 12.8 Å². The van der Waals surface area contributed by atoms with Gasteiger partial charge in [0.15, 0.2) is 0 Å². The molecule has 30 heavy (non-hydrogen) atoms. The number of aryl methyl sites for hydroxylation is 2. The third-order valence-electron chi connectivity index (χ3n) is 6.11. The van der Waals surface area contributed by atoms with Crippen molar-refractivity contribution in [1.82, 2.24) is 9.88 Å². The van der Waals surface area contributed by atoms with Gasteiger partial charge in [0.25, 0.3) is 0 Å². The molecule has 0 spiro atoms. The van der Waals surface area contributed by atoms with E-state index in [0.29, 0.717) is 25.4 Å². The van der Waals surface area contributed by atoms with Crippen LogP contribution in [0.15, 0.2) is 24.3 Å². The number of fused-ring (bicyclic) bond motifs is 1. The van der Waals surface area contributed by atoms with Gasteiger partial charge in [-0.3, -0.25) is 9.78 Å². The summed E-state index contributed by atoms with van der Waals surface area (Å²) in [5.41, 5.74) is 3.69. The number of aromatic nitrogens is 1. The predicted octanol–water partition coefficient (Wildman–Crippen LogP) is 5.38. The second-order valence-electron chi connectivity index (χ2n) is 8.35. The van der Waals surface area contributed by atoms with Crippen molar-refractivity contribution in [3.63, 3.8) is 0 Å². The van der Waals surface area contributed by atoms with Crippen molar-refractivity contribution in [2.24, 2.45) is 5.92 Å². The third kappa shape index (κ3) is 5.71. The summed E-state index contributed by atoms with van der Waals surface area (Å²) in [7, 11) is 0. The topological polar surface area (TPSA) is 82.5 Å². The fraction of sp³-hybridized carbons (Fsp3) is 0.542. The molecule has 1 aromatic carbocycles. The van der Waals surface area contributed by atoms with Crippen LogP contribution in [0.2, 0.25) is 0 Å². The lowest BCUT2D eigenvalue weighted by atomic mass is 9.87. The number of hydrogen-bond acceptors (Lipinski definition) is 3. The lowest BCUT2D eigenvalue weighted by Gasteiger charge is -2.21. The number of hydrogen-bond donors (Lipinski definition) is 2. The number of rotatable bonds is 8. The highest BCUT2D eigenvalue weighted by Crippen LogP contribution is 2.29. The Balaban J connectivity index is 1.67. The van der Waals surface area contributed by atoms with Crippen molar-refractivity contribution in [3.05, 3.63) is 35.5 Å². The molecule has 1 aromatic heterocycles. The SMILES string of the molecule is CCN(CCCc1ccc2c(NC(=O)CC3CCCCC3)c(C)ccc2n1)C(=O)O. The Morgan fingerprint density at radius 1 is 1.17 bits per heavy atom. The molecule has 2 N–H and O–H groups in total. The molecule has 2 amide bonds. The molecule has 3 rings (SSSR count). The molecular weight excluding hydrogens is 378 g/mol. The zero-order valence-corrected chi connectivity index (χ0v) is 18.1. The lowest BCUT2D eigenvalue weighted by Crippen LogP contribution is -2.30. The molecule has 1 saturated carbocycles. The van der Waals surface area contributed by atoms with Crippen molar-refractivity contribution >= 4 is 28.6 Å². The van der Waals surface area contributed by atoms with Crippen LogP contribution in [0.4, 0.5) is 10.5 Å². The Labute approximate surface area is 178 Å². The fourth-order valence-electron chi connectivity index (χ4n) is 4.34. The molecule has 0 aliphatic heterocycles. The van der Waals surface area contributed by atoms with E-state index in [9.17, 15) is 9.59 Å². The minimum atomic E-state index is -0.881. The van der Waals surface area contributed by atoms with Crippen LogP contribution in [0.5, 0.6) is 0 Å². The average Bonchev–Trinajstić information content (AvgIpc) is 2.73. The molecule has 1 aliphatic rings. The zero-order valence-electron chi connectivity index (χ0n) is 18.1. The molecule has 0 atom stereocenters. The maximum atomic E-state index is 12.6. The van der Waals surface area contributed by atoms with E-state index < -0.39 is 6.09 Å². The molecule has 2 aromatic rings. The Morgan fingerprint density at radius 3 is 2.63 bits per heavy atom. The third-order valence-corrected chi connectivity index (χ3v) is 6.11. The highest BCUT2D eigenvalue weighted by molar-refractivity contribution is 6.02. The number of carboxylic acid groups (broad SMARTS) is 1. The van der Waals surface area contributed by atoms with Crippen molar-refractivity contribution < 1.29 is 14.7 Å². The van der Waals surface area contributed by atoms with Gasteiger partial charge >= 0.3 is 6.09 Å². The van der Waals surface area contributed by atoms with E-state index in [0.717, 1.165) is 53.5 Å². The molecule has 0 radical (unpaired) electrons. The minimum Gasteiger partial charge on any atom is -0.465 e. The van der Waals surface area contributed by atoms with Gasteiger partial charge in [-0.2, -0.15) is 0 Å². The molecule has 1 heterocycles. The standard InChI is InChI=1S/C24H33N3O3/c1-3-27(24(29)30)15-7-10-19-12-13-20-21(25-19)14-11-17(2)23(20)26-22(28)16-18-8-5-4-6-9-18/h11-14,18H,3-10,15-16H2,1-2H3,(H,26,28)(H,29,30). The van der Waals surface area contributed by atoms with Crippen molar-refractivity contribution in [3.8, 4) is 0 Å². The van der Waals surface area contributed by atoms with Crippen molar-refractivity contribution in [2.75, 3.05) is 18.4 Å². The Hall–Kier alpha value is -2.63. The summed E-state index contributed by atoms with van der Waals surface area (Å²) in [5.74, 6) is 0.599. The van der Waals surface area contributed by atoms with Gasteiger partial charge in [-0.15, -0.1) is 0 Å². The van der Waals surface area contributed by atoms with Gasteiger partial charge in [0.2, 0.25) is 5.91 Å². The van der Waals surface area contributed by atoms with Crippen LogP contribution in [0.25, 0.3) is 10.9 Å². The highest BCUT2D eigenvalue weighted by atomic mass is 16.4. The van der Waals surface area contributed by atoms with Crippen LogP contribution < -0.4 is 5.32 Å². The molecule has 1 fully saturated rings. The molecule has 1 aliphatic carbocycles. The summed E-state index contributed by atoms with van der Waals surface area (Å²) in [4.78, 5) is 29.9. The summed E-state index contributed by atoms with van der Waals surface area (Å²) < 4.78 is 0. The number of carbonyl (C=O) groups is 2. The van der Waals surface area contributed by atoms with Gasteiger partial charge < -0.3 is 15.3 Å². The zero-order chi connectivity index (χ0) is 21.5. The van der Waals surface area contributed by atoms with Crippen molar-refractivity contribution in [1.29, 1.82) is 0 Å². The number of anilines is 1. The quantitative estimate of drug-likeness (QED) is 0.610. The van der Waals surface area contributed by atoms with Crippen LogP contribution in [0.3, 0.4) is 0 Å². The summed E-state index contributed by atoms with van der Waals surface area (Å²) >= 11 is 0. The first kappa shape index (κ1) is 22.1. The van der Waals surface area contributed by atoms with Gasteiger partial charge in [-0.1, -0.05) is 25.3 Å². The van der Waals surface area contributed by atoms with Crippen molar-refractivity contribution in [2.45, 2.75) is 65.2 Å². The number of pyridine rings is 1. The summed E-state index contributed by atoms with van der Waals surface area (Å²) in [6.07, 6.45) is 7.25. The molecule has 6 heteroatoms. The minimum absolute atomic E-state index is 0.0925. The second-order valence-corrected chi connectivity index (χ2v) is 8.35. The summed E-state index contributed by atoms with van der Waals surface area (Å²) in [5, 5.41) is 13.2. The fourth-order valence-corrected chi connectivity index (χ4v) is 4.34. The Morgan fingerprint density at radius 2 is 1.93 bits per heavy atom. The van der Waals surface area contributed by atoms with E-state index in [1.165, 1.54) is 24.2 Å². The van der Waals surface area contributed by atoms with Crippen LogP contribution in [-0.2, 0) is 11.2 Å². The van der Waals surface area contributed by atoms with Gasteiger partial charge in [-0.05, 0) is 69.2 Å². The molecule has 6 nitrogen and oxygen atoms in total. The molecule has 0 unspecified atom stereocenters. The molecule has 0 saturated heterocycles. The normalized spacial score (nSPS) is 14.6. The largest absolute Gasteiger partial charge is 0.465 e. The van der Waals surface area contributed by atoms with Gasteiger partial charge in [0, 0.05) is 30.6 Å². The van der Waals surface area contributed by atoms with E-state index >= 15 is 0 Å². The Bertz CT molecular complexity index is 891. The average molecular weight is 412 g/mol. The van der Waals surface area contributed by atoms with Gasteiger partial charge in [0.1, 0.15) is 0 Å². The maximum absolute atomic E-state index is 12.6. The number of carbonyl (C=O) groups excluding carboxylic acids is 1. The molecule has 0 bridgehead atoms. The summed E-state index contributed by atoms with van der Waals surface area (Å²) in [6.45, 7) is 4.84. The van der Waals surface area contributed by atoms with Crippen LogP contribution >= 0.6 is 0 Å². The second kappa shape index (κ2) is 10.4. The van der Waals surface area contributed by atoms with E-state index in [4.69, 9.17) is 10.1 Å². The molecular formula is C24H33N3O3. The first-order valence-electron chi connectivity index (χ1n) is 11.1. The number of amides is 2. The van der Waals surface area contributed by atoms with Crippen LogP contribution in [-0.4, -0.2) is 40.1 Å². The maximum Gasteiger partial charge on any atom is 0.407 e. The monoisotopic (exact) mass is 411 g/mol. The Kier molecular flexibility index (Phi) is 7.66. The van der Waals surface area contributed by atoms with E-state index in [-0.39, 0.29) is 5.91 Å². The number of nitrogens with zero attached hydrogens (tertiary/aromatic N) is 2. The van der Waals surface area contributed by atoms with E-state index in [1.54, 1.807) is 0 Å². The smallest absolute Gasteiger partial charge is 0.407 e. The van der Waals surface area contributed by atoms with Gasteiger partial charge in [0.05, 0.1) is 11.2 Å². The highest BCUT2D eigenvalue weighted by Gasteiger charge is 2.18. The lowest BCUT2D eigenvalue weighted by molar-refractivity contribution is -0.117. The number of benzene rings is 1. The van der Waals surface area contributed by atoms with E-state index in [1.807, 2.05) is 38.1 Å². The summed E-state index contributed by atoms with van der Waals surface area (Å²) in [6, 6.07) is 7.99. The first-order valence-corrected chi connectivity index (χ1v) is 11.1. The van der Waals surface area contributed by atoms with Gasteiger partial charge in [-0.25, -0.2) is 4.79 Å². The first-order chi connectivity index (χ1) is 14.5. The van der Waals surface area contributed by atoms with E-state index in [2.05, 4.69) is 5.32 Å². The predicted molar refractivity (Wildman–Crippen MR) is 120 cm³/mol.